The molecule has 1 saturated carbocycles. The molecule has 0 atom stereocenters. The lowest BCUT2D eigenvalue weighted by molar-refractivity contribution is 0.592. The molecule has 0 heteroatoms. The van der Waals surface area contributed by atoms with Crippen molar-refractivity contribution >= 4 is 0 Å². The summed E-state index contributed by atoms with van der Waals surface area (Å²) in [6.45, 7) is 10.2. The number of hydrogen-bond donors (Lipinski definition) is 0. The van der Waals surface area contributed by atoms with Gasteiger partial charge in [0.1, 0.15) is 0 Å². The van der Waals surface area contributed by atoms with Gasteiger partial charge in [-0.1, -0.05) is 83.2 Å². The topological polar surface area (TPSA) is 0 Å². The summed E-state index contributed by atoms with van der Waals surface area (Å²) in [6, 6.07) is 9.15. The van der Waals surface area contributed by atoms with Crippen molar-refractivity contribution < 1.29 is 0 Å². The Labute approximate surface area is 115 Å². The highest BCUT2D eigenvalue weighted by Gasteiger charge is 2.13. The predicted octanol–water partition coefficient (Wildman–Crippen LogP) is 6.49. The molecule has 104 valence electrons. The number of aryl methyl sites for hydroxylation is 1. The van der Waals surface area contributed by atoms with Crippen LogP contribution in [0.5, 0.6) is 0 Å². The average Bonchev–Trinajstić information content (AvgIpc) is 2.73. The van der Waals surface area contributed by atoms with Crippen LogP contribution in [0.25, 0.3) is 0 Å². The first-order valence-corrected chi connectivity index (χ1v) is 7.93. The number of benzene rings is 1. The van der Waals surface area contributed by atoms with E-state index in [1.54, 1.807) is 5.56 Å². The van der Waals surface area contributed by atoms with E-state index in [0.29, 0.717) is 0 Å². The van der Waals surface area contributed by atoms with E-state index in [0.717, 1.165) is 5.92 Å². The molecule has 1 aromatic carbocycles. The van der Waals surface area contributed by atoms with Crippen LogP contribution in [0.3, 0.4) is 0 Å². The molecule has 0 aliphatic heterocycles. The molecule has 2 rings (SSSR count). The lowest BCUT2D eigenvalue weighted by Crippen LogP contribution is -1.96. The van der Waals surface area contributed by atoms with Crippen LogP contribution in [0, 0.1) is 6.92 Å². The summed E-state index contributed by atoms with van der Waals surface area (Å²) in [7, 11) is 0. The van der Waals surface area contributed by atoms with E-state index >= 15 is 0 Å². The fourth-order valence-corrected chi connectivity index (χ4v) is 2.45. The second-order valence-electron chi connectivity index (χ2n) is 4.60. The van der Waals surface area contributed by atoms with E-state index < -0.39 is 0 Å². The molecular weight excluding hydrogens is 216 g/mol. The predicted molar refractivity (Wildman–Crippen MR) is 84.3 cm³/mol. The highest BCUT2D eigenvalue weighted by Crippen LogP contribution is 2.31. The number of rotatable bonds is 1. The summed E-state index contributed by atoms with van der Waals surface area (Å²) in [5, 5.41) is 0. The van der Waals surface area contributed by atoms with E-state index in [1.807, 2.05) is 27.7 Å². The van der Waals surface area contributed by atoms with Crippen LogP contribution in [0.4, 0.5) is 0 Å². The standard InChI is InChI=1S/C14H20.2C2H6/c1-12-8-10-14(11-9-12)13-6-4-2-3-5-7-13;2*1-2/h8-11,13H,2-7H2,1H3;2*1-2H3. The Balaban J connectivity index is 0.000000659. The van der Waals surface area contributed by atoms with Crippen molar-refractivity contribution in [1.29, 1.82) is 0 Å². The second-order valence-corrected chi connectivity index (χ2v) is 4.60. The van der Waals surface area contributed by atoms with Gasteiger partial charge in [-0.15, -0.1) is 0 Å². The van der Waals surface area contributed by atoms with Crippen molar-refractivity contribution in [2.45, 2.75) is 79.1 Å². The van der Waals surface area contributed by atoms with Crippen molar-refractivity contribution in [1.82, 2.24) is 0 Å². The Morgan fingerprint density at radius 2 is 1.17 bits per heavy atom. The van der Waals surface area contributed by atoms with E-state index in [2.05, 4.69) is 31.2 Å². The van der Waals surface area contributed by atoms with E-state index in [1.165, 1.54) is 44.1 Å². The molecule has 0 N–H and O–H groups in total. The maximum Gasteiger partial charge on any atom is -0.0162 e. The third kappa shape index (κ3) is 6.23. The van der Waals surface area contributed by atoms with Crippen LogP contribution in [0.1, 0.15) is 83.3 Å². The molecule has 0 spiro atoms. The molecule has 1 fully saturated rings. The molecule has 18 heavy (non-hydrogen) atoms. The lowest BCUT2D eigenvalue weighted by atomic mass is 9.91. The monoisotopic (exact) mass is 248 g/mol. The Kier molecular flexibility index (Phi) is 10.8. The van der Waals surface area contributed by atoms with E-state index in [-0.39, 0.29) is 0 Å². The first-order valence-electron chi connectivity index (χ1n) is 7.93. The van der Waals surface area contributed by atoms with Crippen molar-refractivity contribution in [3.05, 3.63) is 35.4 Å². The molecule has 1 aliphatic carbocycles. The van der Waals surface area contributed by atoms with Gasteiger partial charge in [-0.3, -0.25) is 0 Å². The summed E-state index contributed by atoms with van der Waals surface area (Å²) in [4.78, 5) is 0. The smallest absolute Gasteiger partial charge is 0.0162 e. The van der Waals surface area contributed by atoms with Gasteiger partial charge in [-0.2, -0.15) is 0 Å². The van der Waals surface area contributed by atoms with Crippen molar-refractivity contribution in [2.24, 2.45) is 0 Å². The highest BCUT2D eigenvalue weighted by molar-refractivity contribution is 5.24. The first kappa shape index (κ1) is 17.2. The normalized spacial score (nSPS) is 15.6. The molecule has 0 aromatic heterocycles. The zero-order valence-electron chi connectivity index (χ0n) is 13.1. The average molecular weight is 248 g/mol. The zero-order valence-corrected chi connectivity index (χ0v) is 13.1. The van der Waals surface area contributed by atoms with Crippen LogP contribution < -0.4 is 0 Å². The summed E-state index contributed by atoms with van der Waals surface area (Å²) >= 11 is 0. The van der Waals surface area contributed by atoms with E-state index in [4.69, 9.17) is 0 Å². The van der Waals surface area contributed by atoms with Crippen LogP contribution in [-0.4, -0.2) is 0 Å². The molecule has 0 unspecified atom stereocenters. The second kappa shape index (κ2) is 11.3. The molecule has 1 aromatic rings. The number of hydrogen-bond acceptors (Lipinski definition) is 0. The Bertz CT molecular complexity index is 263. The third-order valence-corrected chi connectivity index (χ3v) is 3.40. The first-order chi connectivity index (χ1) is 8.86. The minimum atomic E-state index is 0.845. The molecule has 0 amide bonds. The van der Waals surface area contributed by atoms with Crippen LogP contribution in [0.2, 0.25) is 0 Å². The van der Waals surface area contributed by atoms with Crippen molar-refractivity contribution in [3.63, 3.8) is 0 Å². The summed E-state index contributed by atoms with van der Waals surface area (Å²) < 4.78 is 0. The van der Waals surface area contributed by atoms with Gasteiger partial charge < -0.3 is 0 Å². The SMILES string of the molecule is CC.CC.Cc1ccc(C2CCCCCC2)cc1. The zero-order chi connectivity index (χ0) is 13.8. The highest BCUT2D eigenvalue weighted by atomic mass is 14.2. The minimum Gasteiger partial charge on any atom is -0.0683 e. The Morgan fingerprint density at radius 1 is 0.722 bits per heavy atom. The van der Waals surface area contributed by atoms with Gasteiger partial charge in [0, 0.05) is 0 Å². The quantitative estimate of drug-likeness (QED) is 0.499. The summed E-state index contributed by atoms with van der Waals surface area (Å²) in [5.41, 5.74) is 2.94. The molecule has 0 bridgehead atoms. The fourth-order valence-electron chi connectivity index (χ4n) is 2.45. The maximum atomic E-state index is 2.32. The molecule has 0 heterocycles. The molecular formula is C18H32. The Morgan fingerprint density at radius 3 is 1.61 bits per heavy atom. The minimum absolute atomic E-state index is 0.845. The Hall–Kier alpha value is -0.780. The van der Waals surface area contributed by atoms with Crippen LogP contribution in [0.15, 0.2) is 24.3 Å². The van der Waals surface area contributed by atoms with Gasteiger partial charge in [0.05, 0.1) is 0 Å². The summed E-state index contributed by atoms with van der Waals surface area (Å²) in [6.07, 6.45) is 8.56. The summed E-state index contributed by atoms with van der Waals surface area (Å²) in [5.74, 6) is 0.845. The van der Waals surface area contributed by atoms with Gasteiger partial charge in [-0.25, -0.2) is 0 Å². The van der Waals surface area contributed by atoms with Gasteiger partial charge in [0.2, 0.25) is 0 Å². The third-order valence-electron chi connectivity index (χ3n) is 3.40. The van der Waals surface area contributed by atoms with Crippen LogP contribution >= 0.6 is 0 Å². The van der Waals surface area contributed by atoms with Crippen molar-refractivity contribution in [3.8, 4) is 0 Å². The molecule has 1 aliphatic rings. The molecule has 0 radical (unpaired) electrons. The maximum absolute atomic E-state index is 2.32. The van der Waals surface area contributed by atoms with Crippen molar-refractivity contribution in [2.75, 3.05) is 0 Å². The largest absolute Gasteiger partial charge is 0.0683 e. The van der Waals surface area contributed by atoms with E-state index in [9.17, 15) is 0 Å². The van der Waals surface area contributed by atoms with Gasteiger partial charge >= 0.3 is 0 Å². The fraction of sp³-hybridized carbons (Fsp3) is 0.667. The van der Waals surface area contributed by atoms with Gasteiger partial charge in [0.25, 0.3) is 0 Å². The molecule has 0 nitrogen and oxygen atoms in total. The van der Waals surface area contributed by atoms with Gasteiger partial charge in [0.15, 0.2) is 0 Å². The van der Waals surface area contributed by atoms with Crippen LogP contribution in [-0.2, 0) is 0 Å². The molecule has 0 saturated heterocycles. The van der Waals surface area contributed by atoms with Gasteiger partial charge in [-0.05, 0) is 31.2 Å². The lowest BCUT2D eigenvalue weighted by Gasteiger charge is -2.14.